The molecular weight excluding hydrogens is 246 g/mol. The summed E-state index contributed by atoms with van der Waals surface area (Å²) in [6.07, 6.45) is 1.87. The second-order valence-electron chi connectivity index (χ2n) is 4.27. The molecule has 92 valence electrons. The average Bonchev–Trinajstić information content (AvgIpc) is 2.85. The van der Waals surface area contributed by atoms with E-state index in [0.29, 0.717) is 11.6 Å². The van der Waals surface area contributed by atoms with Crippen molar-refractivity contribution in [1.82, 2.24) is 19.7 Å². The van der Waals surface area contributed by atoms with Crippen LogP contribution < -0.4 is 5.73 Å². The lowest BCUT2D eigenvalue weighted by Gasteiger charge is -2.00. The molecule has 0 saturated carbocycles. The van der Waals surface area contributed by atoms with Crippen molar-refractivity contribution < 1.29 is 0 Å². The number of thiophene rings is 1. The molecule has 0 aromatic carbocycles. The van der Waals surface area contributed by atoms with Gasteiger partial charge in [0.15, 0.2) is 5.82 Å². The lowest BCUT2D eigenvalue weighted by molar-refractivity contribution is 0.769. The highest BCUT2D eigenvalue weighted by atomic mass is 32.1. The van der Waals surface area contributed by atoms with E-state index in [-0.39, 0.29) is 0 Å². The van der Waals surface area contributed by atoms with Crippen LogP contribution in [-0.4, -0.2) is 19.7 Å². The molecule has 0 spiro atoms. The standard InChI is InChI=1S/C12H13N5S/c1-6-7(2)18-12-9(6)10(13)14-11(15-12)8-4-5-17(3)16-8/h4-5H,1-3H3,(H2,13,14,15). The molecule has 5 nitrogen and oxygen atoms in total. The summed E-state index contributed by atoms with van der Waals surface area (Å²) in [5, 5.41) is 5.27. The Labute approximate surface area is 108 Å². The maximum atomic E-state index is 6.04. The minimum Gasteiger partial charge on any atom is -0.383 e. The van der Waals surface area contributed by atoms with E-state index in [2.05, 4.69) is 22.0 Å². The first-order valence-corrected chi connectivity index (χ1v) is 6.41. The van der Waals surface area contributed by atoms with E-state index in [1.807, 2.05) is 26.2 Å². The van der Waals surface area contributed by atoms with Crippen LogP contribution in [0.25, 0.3) is 21.7 Å². The van der Waals surface area contributed by atoms with Crippen molar-refractivity contribution in [2.75, 3.05) is 5.73 Å². The zero-order chi connectivity index (χ0) is 12.9. The summed E-state index contributed by atoms with van der Waals surface area (Å²) in [7, 11) is 1.87. The van der Waals surface area contributed by atoms with Crippen LogP contribution in [0.2, 0.25) is 0 Å². The highest BCUT2D eigenvalue weighted by Gasteiger charge is 2.14. The molecule has 3 rings (SSSR count). The lowest BCUT2D eigenvalue weighted by atomic mass is 10.2. The fourth-order valence-corrected chi connectivity index (χ4v) is 2.97. The summed E-state index contributed by atoms with van der Waals surface area (Å²) >= 11 is 1.64. The van der Waals surface area contributed by atoms with Crippen LogP contribution in [-0.2, 0) is 7.05 Å². The monoisotopic (exact) mass is 259 g/mol. The van der Waals surface area contributed by atoms with Crippen molar-refractivity contribution in [2.24, 2.45) is 7.05 Å². The molecule has 3 heterocycles. The molecule has 0 aliphatic heterocycles. The van der Waals surface area contributed by atoms with Gasteiger partial charge in [-0.05, 0) is 25.5 Å². The van der Waals surface area contributed by atoms with Gasteiger partial charge in [0, 0.05) is 18.1 Å². The Morgan fingerprint density at radius 1 is 1.28 bits per heavy atom. The quantitative estimate of drug-likeness (QED) is 0.728. The second kappa shape index (κ2) is 3.78. The van der Waals surface area contributed by atoms with Crippen molar-refractivity contribution in [3.05, 3.63) is 22.7 Å². The zero-order valence-electron chi connectivity index (χ0n) is 10.4. The van der Waals surface area contributed by atoms with Crippen LogP contribution >= 0.6 is 11.3 Å². The average molecular weight is 259 g/mol. The van der Waals surface area contributed by atoms with Crippen LogP contribution in [0.3, 0.4) is 0 Å². The number of nitrogens with zero attached hydrogens (tertiary/aromatic N) is 4. The van der Waals surface area contributed by atoms with Gasteiger partial charge in [-0.2, -0.15) is 5.10 Å². The van der Waals surface area contributed by atoms with E-state index >= 15 is 0 Å². The van der Waals surface area contributed by atoms with Gasteiger partial charge in [-0.15, -0.1) is 11.3 Å². The first kappa shape index (κ1) is 11.2. The van der Waals surface area contributed by atoms with Gasteiger partial charge in [0.25, 0.3) is 0 Å². The summed E-state index contributed by atoms with van der Waals surface area (Å²) < 4.78 is 1.73. The Morgan fingerprint density at radius 3 is 2.72 bits per heavy atom. The maximum absolute atomic E-state index is 6.04. The summed E-state index contributed by atoms with van der Waals surface area (Å²) in [6, 6.07) is 1.88. The number of nitrogen functional groups attached to an aromatic ring is 1. The Balaban J connectivity index is 2.27. The van der Waals surface area contributed by atoms with Crippen LogP contribution in [0, 0.1) is 13.8 Å². The third kappa shape index (κ3) is 1.57. The van der Waals surface area contributed by atoms with Gasteiger partial charge in [0.2, 0.25) is 0 Å². The van der Waals surface area contributed by atoms with Gasteiger partial charge in [-0.25, -0.2) is 9.97 Å². The van der Waals surface area contributed by atoms with E-state index in [0.717, 1.165) is 15.9 Å². The molecule has 0 aliphatic rings. The van der Waals surface area contributed by atoms with Gasteiger partial charge in [0.05, 0.1) is 5.39 Å². The van der Waals surface area contributed by atoms with Gasteiger partial charge >= 0.3 is 0 Å². The van der Waals surface area contributed by atoms with Gasteiger partial charge in [-0.1, -0.05) is 0 Å². The van der Waals surface area contributed by atoms with Gasteiger partial charge in [-0.3, -0.25) is 4.68 Å². The number of fused-ring (bicyclic) bond motifs is 1. The molecule has 0 atom stereocenters. The fourth-order valence-electron chi connectivity index (χ4n) is 1.93. The minimum absolute atomic E-state index is 0.530. The highest BCUT2D eigenvalue weighted by Crippen LogP contribution is 2.33. The molecule has 0 radical (unpaired) electrons. The van der Waals surface area contributed by atoms with Crippen molar-refractivity contribution in [2.45, 2.75) is 13.8 Å². The smallest absolute Gasteiger partial charge is 0.183 e. The predicted octanol–water partition coefficient (Wildman–Crippen LogP) is 2.29. The molecular formula is C12H13N5S. The number of nitrogens with two attached hydrogens (primary N) is 1. The van der Waals surface area contributed by atoms with E-state index in [1.165, 1.54) is 10.4 Å². The molecule has 2 N–H and O–H groups in total. The number of rotatable bonds is 1. The molecule has 0 fully saturated rings. The van der Waals surface area contributed by atoms with Crippen molar-refractivity contribution in [3.63, 3.8) is 0 Å². The van der Waals surface area contributed by atoms with Crippen LogP contribution in [0.1, 0.15) is 10.4 Å². The topological polar surface area (TPSA) is 69.6 Å². The molecule has 3 aromatic heterocycles. The number of aromatic nitrogens is 4. The number of anilines is 1. The summed E-state index contributed by atoms with van der Waals surface area (Å²) in [4.78, 5) is 11.1. The Bertz CT molecular complexity index is 740. The molecule has 0 aliphatic carbocycles. The molecule has 0 bridgehead atoms. The minimum atomic E-state index is 0.530. The molecule has 0 amide bonds. The molecule has 18 heavy (non-hydrogen) atoms. The molecule has 6 heteroatoms. The van der Waals surface area contributed by atoms with Crippen molar-refractivity contribution in [1.29, 1.82) is 0 Å². The lowest BCUT2D eigenvalue weighted by Crippen LogP contribution is -1.98. The SMILES string of the molecule is Cc1sc2nc(-c3ccn(C)n3)nc(N)c2c1C. The molecule has 3 aromatic rings. The highest BCUT2D eigenvalue weighted by molar-refractivity contribution is 7.18. The maximum Gasteiger partial charge on any atom is 0.183 e. The third-order valence-electron chi connectivity index (χ3n) is 3.00. The number of hydrogen-bond acceptors (Lipinski definition) is 5. The van der Waals surface area contributed by atoms with Gasteiger partial charge in [0.1, 0.15) is 16.3 Å². The fraction of sp³-hybridized carbons (Fsp3) is 0.250. The Kier molecular flexibility index (Phi) is 2.34. The number of hydrogen-bond donors (Lipinski definition) is 1. The zero-order valence-corrected chi connectivity index (χ0v) is 11.2. The Morgan fingerprint density at radius 2 is 2.06 bits per heavy atom. The molecule has 0 saturated heterocycles. The summed E-state index contributed by atoms with van der Waals surface area (Å²) in [5.41, 5.74) is 7.95. The normalized spacial score (nSPS) is 11.3. The van der Waals surface area contributed by atoms with Gasteiger partial charge < -0.3 is 5.73 Å². The van der Waals surface area contributed by atoms with Crippen LogP contribution in [0.4, 0.5) is 5.82 Å². The van der Waals surface area contributed by atoms with Crippen LogP contribution in [0.5, 0.6) is 0 Å². The molecule has 0 unspecified atom stereocenters. The van der Waals surface area contributed by atoms with Crippen LogP contribution in [0.15, 0.2) is 12.3 Å². The Hall–Kier alpha value is -1.95. The van der Waals surface area contributed by atoms with E-state index in [1.54, 1.807) is 16.0 Å². The first-order chi connectivity index (χ1) is 8.56. The van der Waals surface area contributed by atoms with E-state index < -0.39 is 0 Å². The van der Waals surface area contributed by atoms with Crippen molar-refractivity contribution >= 4 is 27.4 Å². The largest absolute Gasteiger partial charge is 0.383 e. The van der Waals surface area contributed by atoms with Crippen molar-refractivity contribution in [3.8, 4) is 11.5 Å². The number of aryl methyl sites for hydroxylation is 3. The summed E-state index contributed by atoms with van der Waals surface area (Å²) in [6.45, 7) is 4.12. The van der Waals surface area contributed by atoms with E-state index in [9.17, 15) is 0 Å². The predicted molar refractivity (Wildman–Crippen MR) is 73.5 cm³/mol. The second-order valence-corrected chi connectivity index (χ2v) is 5.47. The third-order valence-corrected chi connectivity index (χ3v) is 4.10. The summed E-state index contributed by atoms with van der Waals surface area (Å²) in [5.74, 6) is 1.12. The van der Waals surface area contributed by atoms with E-state index in [4.69, 9.17) is 5.73 Å². The first-order valence-electron chi connectivity index (χ1n) is 5.59.